The Bertz CT molecular complexity index is 1040. The van der Waals surface area contributed by atoms with Crippen molar-refractivity contribution in [3.63, 3.8) is 0 Å². The Labute approximate surface area is 180 Å². The van der Waals surface area contributed by atoms with Gasteiger partial charge >= 0.3 is 0 Å². The van der Waals surface area contributed by atoms with Gasteiger partial charge in [-0.1, -0.05) is 48.7 Å². The van der Waals surface area contributed by atoms with Crippen molar-refractivity contribution in [3.05, 3.63) is 71.2 Å². The molecule has 0 atom stereocenters. The second-order valence-electron chi connectivity index (χ2n) is 5.92. The van der Waals surface area contributed by atoms with Gasteiger partial charge in [0, 0.05) is 17.6 Å². The third-order valence-electron chi connectivity index (χ3n) is 3.98. The van der Waals surface area contributed by atoms with Crippen LogP contribution in [-0.4, -0.2) is 25.3 Å². The summed E-state index contributed by atoms with van der Waals surface area (Å²) >= 11 is 1.27. The van der Waals surface area contributed by atoms with Crippen molar-refractivity contribution >= 4 is 17.6 Å². The maximum absolute atomic E-state index is 9.88. The molecule has 0 radical (unpaired) electrons. The van der Waals surface area contributed by atoms with E-state index in [4.69, 9.17) is 15.2 Å². The summed E-state index contributed by atoms with van der Waals surface area (Å²) in [4.78, 5) is 5.11. The molecule has 7 heteroatoms. The van der Waals surface area contributed by atoms with Gasteiger partial charge in [0.2, 0.25) is 0 Å². The minimum atomic E-state index is 0.0730. The summed E-state index contributed by atoms with van der Waals surface area (Å²) in [7, 11) is 1.61. The van der Waals surface area contributed by atoms with Crippen molar-refractivity contribution in [1.82, 2.24) is 4.98 Å². The normalized spacial score (nSPS) is 11.1. The fourth-order valence-corrected chi connectivity index (χ4v) is 3.41. The van der Waals surface area contributed by atoms with Gasteiger partial charge in [0.15, 0.2) is 0 Å². The van der Waals surface area contributed by atoms with Crippen LogP contribution in [0.2, 0.25) is 0 Å². The summed E-state index contributed by atoms with van der Waals surface area (Å²) in [5.41, 5.74) is 7.65. The summed E-state index contributed by atoms with van der Waals surface area (Å²) < 4.78 is 10.6. The molecular weight excluding hydrogens is 396 g/mol. The zero-order valence-electron chi connectivity index (χ0n) is 16.9. The smallest absolute Gasteiger partial charge is 0.143 e. The number of methoxy groups -OCH3 is 1. The van der Waals surface area contributed by atoms with Crippen LogP contribution in [0.25, 0.3) is 11.1 Å². The highest BCUT2D eigenvalue weighted by atomic mass is 32.2. The van der Waals surface area contributed by atoms with E-state index in [1.165, 1.54) is 11.8 Å². The molecule has 0 bridgehead atoms. The van der Waals surface area contributed by atoms with Gasteiger partial charge in [0.1, 0.15) is 40.9 Å². The Morgan fingerprint density at radius 1 is 1.20 bits per heavy atom. The predicted octanol–water partition coefficient (Wildman–Crippen LogP) is 4.84. The van der Waals surface area contributed by atoms with Gasteiger partial charge in [-0.3, -0.25) is 0 Å². The predicted molar refractivity (Wildman–Crippen MR) is 120 cm³/mol. The van der Waals surface area contributed by atoms with Gasteiger partial charge in [0.25, 0.3) is 0 Å². The fraction of sp³-hybridized carbons (Fsp3) is 0.174. The lowest BCUT2D eigenvalue weighted by atomic mass is 9.97. The molecule has 152 valence electrons. The van der Waals surface area contributed by atoms with E-state index >= 15 is 0 Å². The van der Waals surface area contributed by atoms with E-state index in [9.17, 15) is 10.5 Å². The van der Waals surface area contributed by atoms with E-state index in [0.29, 0.717) is 35.1 Å². The van der Waals surface area contributed by atoms with Crippen LogP contribution < -0.4 is 10.5 Å². The average Bonchev–Trinajstić information content (AvgIpc) is 2.76. The van der Waals surface area contributed by atoms with Crippen molar-refractivity contribution in [2.24, 2.45) is 0 Å². The van der Waals surface area contributed by atoms with Crippen LogP contribution in [0, 0.1) is 22.7 Å². The second kappa shape index (κ2) is 11.5. The van der Waals surface area contributed by atoms with Crippen LogP contribution in [0.4, 0.5) is 5.82 Å². The summed E-state index contributed by atoms with van der Waals surface area (Å²) in [6.45, 7) is 6.61. The zero-order valence-corrected chi connectivity index (χ0v) is 17.7. The van der Waals surface area contributed by atoms with E-state index in [1.54, 1.807) is 37.5 Å². The highest BCUT2D eigenvalue weighted by Gasteiger charge is 2.21. The zero-order chi connectivity index (χ0) is 21.9. The average molecular weight is 419 g/mol. The number of allylic oxidation sites excluding steroid dienone is 4. The second-order valence-corrected chi connectivity index (χ2v) is 6.98. The van der Waals surface area contributed by atoms with Crippen LogP contribution in [0.5, 0.6) is 5.75 Å². The number of hydrogen-bond acceptors (Lipinski definition) is 7. The van der Waals surface area contributed by atoms with Gasteiger partial charge in [0.05, 0.1) is 12.2 Å². The molecule has 6 nitrogen and oxygen atoms in total. The standard InChI is InChI=1S/C23H22N4O2S/c1-4-6-7-18(5-2)30-23-20(15-25)21(19(14-24)22(26)27-23)16-8-10-17(11-9-16)29-13-12-28-3/h4-11H,2,12-13H2,1,3H3,(H2,26,27)/b6-4-,18-7+. The molecule has 0 aliphatic carbocycles. The first-order valence-electron chi connectivity index (χ1n) is 9.08. The first kappa shape index (κ1) is 22.8. The maximum atomic E-state index is 9.88. The van der Waals surface area contributed by atoms with Gasteiger partial charge < -0.3 is 15.2 Å². The molecule has 0 aliphatic rings. The summed E-state index contributed by atoms with van der Waals surface area (Å²) in [5.74, 6) is 0.733. The largest absolute Gasteiger partial charge is 0.491 e. The van der Waals surface area contributed by atoms with E-state index in [-0.39, 0.29) is 16.9 Å². The number of thioether (sulfide) groups is 1. The topological polar surface area (TPSA) is 105 Å². The third-order valence-corrected chi connectivity index (χ3v) is 5.01. The van der Waals surface area contributed by atoms with Gasteiger partial charge in [-0.05, 0) is 30.7 Å². The SMILES string of the molecule is C=C/C(=C\C=C/C)Sc1nc(N)c(C#N)c(-c2ccc(OCCOC)cc2)c1C#N. The van der Waals surface area contributed by atoms with Crippen molar-refractivity contribution in [2.75, 3.05) is 26.1 Å². The lowest BCUT2D eigenvalue weighted by Crippen LogP contribution is -2.04. The molecule has 0 saturated carbocycles. The maximum Gasteiger partial charge on any atom is 0.143 e. The molecule has 0 saturated heterocycles. The van der Waals surface area contributed by atoms with Gasteiger partial charge in [-0.15, -0.1) is 0 Å². The third kappa shape index (κ3) is 5.51. The van der Waals surface area contributed by atoms with E-state index in [1.807, 2.05) is 25.2 Å². The monoisotopic (exact) mass is 418 g/mol. The van der Waals surface area contributed by atoms with Crippen molar-refractivity contribution in [2.45, 2.75) is 11.9 Å². The fourth-order valence-electron chi connectivity index (χ4n) is 2.57. The molecule has 0 amide bonds. The molecule has 0 fully saturated rings. The Hall–Kier alpha value is -3.52. The molecule has 1 aromatic carbocycles. The summed E-state index contributed by atoms with van der Waals surface area (Å²) in [6.07, 6.45) is 7.29. The summed E-state index contributed by atoms with van der Waals surface area (Å²) in [6, 6.07) is 11.4. The number of nitrogens with two attached hydrogens (primary N) is 1. The molecule has 2 N–H and O–H groups in total. The van der Waals surface area contributed by atoms with Crippen LogP contribution in [-0.2, 0) is 4.74 Å². The molecule has 30 heavy (non-hydrogen) atoms. The number of nitrogen functional groups attached to an aromatic ring is 1. The number of hydrogen-bond donors (Lipinski definition) is 1. The van der Waals surface area contributed by atoms with Gasteiger partial charge in [-0.2, -0.15) is 10.5 Å². The van der Waals surface area contributed by atoms with Crippen LogP contribution in [0.3, 0.4) is 0 Å². The lowest BCUT2D eigenvalue weighted by molar-refractivity contribution is 0.146. The Morgan fingerprint density at radius 2 is 1.90 bits per heavy atom. The number of rotatable bonds is 9. The number of aromatic nitrogens is 1. The van der Waals surface area contributed by atoms with Crippen molar-refractivity contribution < 1.29 is 9.47 Å². The molecule has 1 aromatic heterocycles. The number of pyridine rings is 1. The van der Waals surface area contributed by atoms with Crippen LogP contribution in [0.15, 0.2) is 65.1 Å². The molecule has 0 spiro atoms. The molecule has 0 aliphatic heterocycles. The number of anilines is 1. The van der Waals surface area contributed by atoms with Crippen LogP contribution in [0.1, 0.15) is 18.1 Å². The van der Waals surface area contributed by atoms with E-state index < -0.39 is 0 Å². The minimum absolute atomic E-state index is 0.0730. The highest BCUT2D eigenvalue weighted by Crippen LogP contribution is 2.38. The van der Waals surface area contributed by atoms with E-state index in [2.05, 4.69) is 23.7 Å². The first-order chi connectivity index (χ1) is 14.6. The number of benzene rings is 1. The van der Waals surface area contributed by atoms with Crippen molar-refractivity contribution in [1.29, 1.82) is 10.5 Å². The minimum Gasteiger partial charge on any atom is -0.491 e. The Kier molecular flexibility index (Phi) is 8.71. The Balaban J connectivity index is 2.55. The van der Waals surface area contributed by atoms with Crippen LogP contribution >= 0.6 is 11.8 Å². The molecule has 0 unspecified atom stereocenters. The number of nitriles is 2. The van der Waals surface area contributed by atoms with Gasteiger partial charge in [-0.25, -0.2) is 4.98 Å². The summed E-state index contributed by atoms with van der Waals surface area (Å²) in [5, 5.41) is 19.9. The molecule has 2 rings (SSSR count). The van der Waals surface area contributed by atoms with Crippen molar-refractivity contribution in [3.8, 4) is 29.0 Å². The van der Waals surface area contributed by atoms with E-state index in [0.717, 1.165) is 4.91 Å². The molecule has 1 heterocycles. The lowest BCUT2D eigenvalue weighted by Gasteiger charge is -2.14. The molecular formula is C23H22N4O2S. The Morgan fingerprint density at radius 3 is 2.47 bits per heavy atom. The number of nitrogens with zero attached hydrogens (tertiary/aromatic N) is 3. The number of ether oxygens (including phenoxy) is 2. The molecule has 2 aromatic rings. The first-order valence-corrected chi connectivity index (χ1v) is 9.90. The quantitative estimate of drug-likeness (QED) is 0.353. The highest BCUT2D eigenvalue weighted by molar-refractivity contribution is 8.03.